The zero-order chi connectivity index (χ0) is 13.0. The summed E-state index contributed by atoms with van der Waals surface area (Å²) in [6.45, 7) is 10.7. The highest BCUT2D eigenvalue weighted by molar-refractivity contribution is 5.44. The van der Waals surface area contributed by atoms with Crippen molar-refractivity contribution in [2.75, 3.05) is 0 Å². The van der Waals surface area contributed by atoms with Gasteiger partial charge in [0.2, 0.25) is 0 Å². The fourth-order valence-corrected chi connectivity index (χ4v) is 10.7. The zero-order valence-electron chi connectivity index (χ0n) is 13.0. The lowest BCUT2D eigenvalue weighted by molar-refractivity contribution is -0.307. The Kier molecular flexibility index (Phi) is 1.32. The molecule has 0 heteroatoms. The molecule has 10 atom stereocenters. The van der Waals surface area contributed by atoms with Crippen LogP contribution in [0.25, 0.3) is 0 Å². The van der Waals surface area contributed by atoms with Gasteiger partial charge in [-0.15, -0.1) is 0 Å². The minimum Gasteiger partial charge on any atom is -0.0651 e. The predicted octanol–water partition coefficient (Wildman–Crippen LogP) is 4.74. The lowest BCUT2D eigenvalue weighted by Crippen LogP contribution is -2.73. The molecule has 0 aromatic rings. The van der Waals surface area contributed by atoms with Gasteiger partial charge >= 0.3 is 0 Å². The summed E-state index contributed by atoms with van der Waals surface area (Å²) in [5.41, 5.74) is 3.11. The van der Waals surface area contributed by atoms with Crippen LogP contribution in [0.3, 0.4) is 0 Å². The van der Waals surface area contributed by atoms with Crippen molar-refractivity contribution in [1.82, 2.24) is 0 Å². The summed E-state index contributed by atoms with van der Waals surface area (Å²) in [5.74, 6) is 6.69. The van der Waals surface area contributed by atoms with E-state index >= 15 is 0 Å². The molecule has 0 radical (unpaired) electrons. The summed E-state index contributed by atoms with van der Waals surface area (Å²) in [6, 6.07) is 0. The van der Waals surface area contributed by atoms with Crippen molar-refractivity contribution in [1.29, 1.82) is 0 Å². The molecule has 0 nitrogen and oxygen atoms in total. The molecule has 0 amide bonds. The molecule has 0 saturated heterocycles. The normalized spacial score (nSPS) is 80.8. The van der Waals surface area contributed by atoms with Gasteiger partial charge in [-0.25, -0.2) is 0 Å². The van der Waals surface area contributed by atoms with E-state index in [1.54, 1.807) is 25.7 Å². The van der Waals surface area contributed by atoms with E-state index < -0.39 is 0 Å². The lowest BCUT2D eigenvalue weighted by atomic mass is 9.26. The van der Waals surface area contributed by atoms with Crippen LogP contribution in [0, 0.1) is 57.2 Å². The molecule has 7 saturated carbocycles. The van der Waals surface area contributed by atoms with Crippen molar-refractivity contribution in [2.24, 2.45) is 57.2 Å². The van der Waals surface area contributed by atoms with Crippen LogP contribution in [0.1, 0.15) is 59.8 Å². The molecule has 7 aliphatic rings. The van der Waals surface area contributed by atoms with Crippen LogP contribution in [-0.4, -0.2) is 0 Å². The van der Waals surface area contributed by atoms with E-state index in [0.29, 0.717) is 5.41 Å². The molecule has 0 aromatic carbocycles. The third kappa shape index (κ3) is 0.569. The topological polar surface area (TPSA) is 0 Å². The van der Waals surface area contributed by atoms with Crippen molar-refractivity contribution < 1.29 is 0 Å². The van der Waals surface area contributed by atoms with E-state index in [-0.39, 0.29) is 0 Å². The van der Waals surface area contributed by atoms with Gasteiger partial charge in [-0.2, -0.15) is 0 Å². The first-order valence-electron chi connectivity index (χ1n) is 8.99. The van der Waals surface area contributed by atoms with Gasteiger partial charge in [0, 0.05) is 0 Å². The Morgan fingerprint density at radius 1 is 1.00 bits per heavy atom. The third-order valence-corrected chi connectivity index (χ3v) is 11.2. The largest absolute Gasteiger partial charge is 0.0651 e. The molecule has 1 spiro atoms. The molecule has 104 valence electrons. The number of hydrogen-bond donors (Lipinski definition) is 0. The average molecular weight is 256 g/mol. The quantitative estimate of drug-likeness (QED) is 0.635. The lowest BCUT2D eigenvalue weighted by Gasteiger charge is -2.78. The fourth-order valence-electron chi connectivity index (χ4n) is 10.7. The molecule has 19 heavy (non-hydrogen) atoms. The van der Waals surface area contributed by atoms with E-state index in [4.69, 9.17) is 0 Å². The summed E-state index contributed by atoms with van der Waals surface area (Å²) in [6.07, 6.45) is 8.01. The van der Waals surface area contributed by atoms with Crippen LogP contribution in [-0.2, 0) is 0 Å². The van der Waals surface area contributed by atoms with Crippen molar-refractivity contribution in [3.05, 3.63) is 0 Å². The zero-order valence-corrected chi connectivity index (χ0v) is 13.0. The van der Waals surface area contributed by atoms with Gasteiger partial charge in [-0.05, 0) is 82.9 Å². The molecule has 7 fully saturated rings. The van der Waals surface area contributed by atoms with Gasteiger partial charge in [0.25, 0.3) is 0 Å². The molecule has 0 aromatic heterocycles. The maximum Gasteiger partial charge on any atom is -0.0145 e. The second kappa shape index (κ2) is 2.35. The molecule has 7 aliphatic carbocycles. The predicted molar refractivity (Wildman–Crippen MR) is 76.5 cm³/mol. The second-order valence-electron chi connectivity index (χ2n) is 9.83. The van der Waals surface area contributed by atoms with Crippen molar-refractivity contribution in [3.63, 3.8) is 0 Å². The minimum atomic E-state index is 0.686. The Morgan fingerprint density at radius 2 is 1.79 bits per heavy atom. The van der Waals surface area contributed by atoms with Crippen LogP contribution in [0.4, 0.5) is 0 Å². The highest BCUT2D eigenvalue weighted by Gasteiger charge is 2.97. The monoisotopic (exact) mass is 256 g/mol. The summed E-state index contributed by atoms with van der Waals surface area (Å²) in [7, 11) is 0. The van der Waals surface area contributed by atoms with Crippen molar-refractivity contribution >= 4 is 0 Å². The van der Waals surface area contributed by atoms with Gasteiger partial charge < -0.3 is 0 Å². The highest BCUT2D eigenvalue weighted by Crippen LogP contribution is 3.02. The van der Waals surface area contributed by atoms with Crippen molar-refractivity contribution in [3.8, 4) is 0 Å². The summed E-state index contributed by atoms with van der Waals surface area (Å²) in [5, 5.41) is 0. The summed E-state index contributed by atoms with van der Waals surface area (Å²) in [4.78, 5) is 0. The Labute approximate surface area is 117 Å². The maximum atomic E-state index is 2.81. The van der Waals surface area contributed by atoms with Crippen LogP contribution in [0.5, 0.6) is 0 Å². The first kappa shape index (κ1) is 10.7. The molecule has 6 bridgehead atoms. The fraction of sp³-hybridized carbons (Fsp3) is 1.00. The van der Waals surface area contributed by atoms with Crippen LogP contribution >= 0.6 is 0 Å². The van der Waals surface area contributed by atoms with Crippen LogP contribution < -0.4 is 0 Å². The smallest absolute Gasteiger partial charge is 0.0145 e. The Balaban J connectivity index is 1.71. The molecule has 0 N–H and O–H groups in total. The average Bonchev–Trinajstić information content (AvgIpc) is 2.63. The second-order valence-corrected chi connectivity index (χ2v) is 9.83. The van der Waals surface area contributed by atoms with Gasteiger partial charge in [-0.3, -0.25) is 0 Å². The SMILES string of the molecule is CCC1CC23CC4C(C)C1(C)C2(C)C12CC3C1CC42. The van der Waals surface area contributed by atoms with E-state index in [1.165, 1.54) is 18.3 Å². The third-order valence-electron chi connectivity index (χ3n) is 11.2. The van der Waals surface area contributed by atoms with E-state index in [0.717, 1.165) is 39.9 Å². The van der Waals surface area contributed by atoms with Crippen LogP contribution in [0.2, 0.25) is 0 Å². The maximum absolute atomic E-state index is 2.81. The molecular weight excluding hydrogens is 228 g/mol. The highest BCUT2D eigenvalue weighted by atomic mass is 15.0. The Bertz CT molecular complexity index is 522. The van der Waals surface area contributed by atoms with Gasteiger partial charge in [-0.1, -0.05) is 34.1 Å². The number of hydrogen-bond acceptors (Lipinski definition) is 0. The van der Waals surface area contributed by atoms with E-state index in [1.807, 2.05) is 0 Å². The van der Waals surface area contributed by atoms with E-state index in [9.17, 15) is 0 Å². The summed E-state index contributed by atoms with van der Waals surface area (Å²) >= 11 is 0. The van der Waals surface area contributed by atoms with Gasteiger partial charge in [0.15, 0.2) is 0 Å². The minimum absolute atomic E-state index is 0.686. The first-order valence-corrected chi connectivity index (χ1v) is 8.99. The van der Waals surface area contributed by atoms with Crippen molar-refractivity contribution in [2.45, 2.75) is 59.8 Å². The molecule has 0 heterocycles. The number of rotatable bonds is 1. The molecule has 0 aliphatic heterocycles. The first-order chi connectivity index (χ1) is 8.99. The molecule has 7 rings (SSSR count). The molecule has 10 unspecified atom stereocenters. The standard InChI is InChI=1S/C19H28/c1-5-11-7-18-8-12-10(2)16(11,3)17(18,4)19-9-15(18)14(19)6-13(12)19/h10-15H,5-9H2,1-4H3. The van der Waals surface area contributed by atoms with Crippen LogP contribution in [0.15, 0.2) is 0 Å². The molecular formula is C19H28. The van der Waals surface area contributed by atoms with Gasteiger partial charge in [0.1, 0.15) is 0 Å². The Morgan fingerprint density at radius 3 is 2.47 bits per heavy atom. The van der Waals surface area contributed by atoms with Gasteiger partial charge in [0.05, 0.1) is 0 Å². The Hall–Kier alpha value is 0. The van der Waals surface area contributed by atoms with E-state index in [2.05, 4.69) is 27.7 Å². The summed E-state index contributed by atoms with van der Waals surface area (Å²) < 4.78 is 0.